The Balaban J connectivity index is 2.60. The van der Waals surface area contributed by atoms with Crippen molar-refractivity contribution in [2.24, 2.45) is 5.73 Å². The fourth-order valence-corrected chi connectivity index (χ4v) is 2.13. The maximum absolute atomic E-state index is 11.1. The Kier molecular flexibility index (Phi) is 1.86. The van der Waals surface area contributed by atoms with E-state index in [1.54, 1.807) is 0 Å². The van der Waals surface area contributed by atoms with E-state index in [0.717, 1.165) is 23.1 Å². The lowest BCUT2D eigenvalue weighted by Gasteiger charge is -2.19. The van der Waals surface area contributed by atoms with E-state index in [1.165, 1.54) is 0 Å². The molecule has 0 aliphatic heterocycles. The first-order chi connectivity index (χ1) is 6.55. The zero-order valence-electron chi connectivity index (χ0n) is 8.08. The SMILES string of the molecule is Cc1cccc2c1CCC2(N)C(=O)O. The average Bonchev–Trinajstić information content (AvgIpc) is 2.47. The average molecular weight is 191 g/mol. The van der Waals surface area contributed by atoms with Crippen LogP contribution in [0.5, 0.6) is 0 Å². The van der Waals surface area contributed by atoms with Gasteiger partial charge in [-0.2, -0.15) is 0 Å². The van der Waals surface area contributed by atoms with Crippen LogP contribution in [0.1, 0.15) is 23.1 Å². The molecular formula is C11H13NO2. The molecule has 1 aliphatic carbocycles. The summed E-state index contributed by atoms with van der Waals surface area (Å²) < 4.78 is 0. The molecule has 0 amide bonds. The van der Waals surface area contributed by atoms with Gasteiger partial charge in [0, 0.05) is 0 Å². The second-order valence-corrected chi connectivity index (χ2v) is 3.88. The molecule has 1 aromatic carbocycles. The van der Waals surface area contributed by atoms with E-state index in [-0.39, 0.29) is 0 Å². The van der Waals surface area contributed by atoms with Gasteiger partial charge in [0.05, 0.1) is 0 Å². The van der Waals surface area contributed by atoms with E-state index < -0.39 is 11.5 Å². The van der Waals surface area contributed by atoms with Gasteiger partial charge in [-0.25, -0.2) is 4.79 Å². The Bertz CT molecular complexity index is 400. The summed E-state index contributed by atoms with van der Waals surface area (Å²) in [7, 11) is 0. The number of benzene rings is 1. The Morgan fingerprint density at radius 1 is 1.57 bits per heavy atom. The zero-order chi connectivity index (χ0) is 10.3. The van der Waals surface area contributed by atoms with Crippen LogP contribution >= 0.6 is 0 Å². The lowest BCUT2D eigenvalue weighted by atomic mass is 9.92. The summed E-state index contributed by atoms with van der Waals surface area (Å²) in [6.45, 7) is 1.99. The van der Waals surface area contributed by atoms with Crippen LogP contribution < -0.4 is 5.73 Å². The summed E-state index contributed by atoms with van der Waals surface area (Å²) in [4.78, 5) is 11.1. The number of rotatable bonds is 1. The number of nitrogens with two attached hydrogens (primary N) is 1. The minimum Gasteiger partial charge on any atom is -0.480 e. The van der Waals surface area contributed by atoms with Crippen LogP contribution in [-0.4, -0.2) is 11.1 Å². The summed E-state index contributed by atoms with van der Waals surface area (Å²) in [5.41, 5.74) is 7.74. The summed E-state index contributed by atoms with van der Waals surface area (Å²) >= 11 is 0. The molecule has 1 unspecified atom stereocenters. The second kappa shape index (κ2) is 2.82. The highest BCUT2D eigenvalue weighted by Gasteiger charge is 2.42. The van der Waals surface area contributed by atoms with E-state index in [4.69, 9.17) is 10.8 Å². The third-order valence-electron chi connectivity index (χ3n) is 3.04. The van der Waals surface area contributed by atoms with Gasteiger partial charge in [0.15, 0.2) is 0 Å². The molecule has 0 heterocycles. The van der Waals surface area contributed by atoms with Crippen LogP contribution in [0.25, 0.3) is 0 Å². The van der Waals surface area contributed by atoms with E-state index in [1.807, 2.05) is 25.1 Å². The predicted molar refractivity (Wildman–Crippen MR) is 53.0 cm³/mol. The molecule has 0 saturated heterocycles. The highest BCUT2D eigenvalue weighted by molar-refractivity contribution is 5.82. The van der Waals surface area contributed by atoms with E-state index in [0.29, 0.717) is 6.42 Å². The molecule has 0 radical (unpaired) electrons. The first-order valence-electron chi connectivity index (χ1n) is 4.67. The molecule has 1 aromatic rings. The van der Waals surface area contributed by atoms with Crippen molar-refractivity contribution in [1.82, 2.24) is 0 Å². The van der Waals surface area contributed by atoms with Crippen molar-refractivity contribution in [2.45, 2.75) is 25.3 Å². The monoisotopic (exact) mass is 191 g/mol. The van der Waals surface area contributed by atoms with Gasteiger partial charge in [-0.15, -0.1) is 0 Å². The molecule has 1 atom stereocenters. The minimum atomic E-state index is -1.17. The molecule has 0 spiro atoms. The first-order valence-corrected chi connectivity index (χ1v) is 4.67. The number of aliphatic carboxylic acids is 1. The lowest BCUT2D eigenvalue weighted by Crippen LogP contribution is -2.42. The van der Waals surface area contributed by atoms with Gasteiger partial charge in [-0.05, 0) is 36.5 Å². The summed E-state index contributed by atoms with van der Waals surface area (Å²) in [5.74, 6) is -0.929. The Morgan fingerprint density at radius 3 is 2.93 bits per heavy atom. The van der Waals surface area contributed by atoms with Crippen LogP contribution in [0.2, 0.25) is 0 Å². The van der Waals surface area contributed by atoms with Crippen molar-refractivity contribution in [3.05, 3.63) is 34.9 Å². The van der Waals surface area contributed by atoms with Crippen molar-refractivity contribution in [3.63, 3.8) is 0 Å². The summed E-state index contributed by atoms with van der Waals surface area (Å²) in [5, 5.41) is 9.09. The van der Waals surface area contributed by atoms with Crippen LogP contribution in [-0.2, 0) is 16.8 Å². The number of fused-ring (bicyclic) bond motifs is 1. The van der Waals surface area contributed by atoms with Crippen molar-refractivity contribution in [2.75, 3.05) is 0 Å². The predicted octanol–water partition coefficient (Wildman–Crippen LogP) is 1.18. The Morgan fingerprint density at radius 2 is 2.29 bits per heavy atom. The number of hydrogen-bond acceptors (Lipinski definition) is 2. The smallest absolute Gasteiger partial charge is 0.328 e. The largest absolute Gasteiger partial charge is 0.480 e. The number of carboxylic acids is 1. The molecule has 74 valence electrons. The van der Waals surface area contributed by atoms with Gasteiger partial charge in [0.25, 0.3) is 0 Å². The standard InChI is InChI=1S/C11H13NO2/c1-7-3-2-4-9-8(7)5-6-11(9,12)10(13)14/h2-4H,5-6,12H2,1H3,(H,13,14). The molecule has 1 aliphatic rings. The molecule has 0 aromatic heterocycles. The molecule has 3 nitrogen and oxygen atoms in total. The molecule has 0 bridgehead atoms. The maximum Gasteiger partial charge on any atom is 0.328 e. The minimum absolute atomic E-state index is 0.502. The third-order valence-corrected chi connectivity index (χ3v) is 3.04. The van der Waals surface area contributed by atoms with Gasteiger partial charge >= 0.3 is 5.97 Å². The van der Waals surface area contributed by atoms with Crippen molar-refractivity contribution in [1.29, 1.82) is 0 Å². The van der Waals surface area contributed by atoms with Gasteiger partial charge in [0.2, 0.25) is 0 Å². The molecule has 2 rings (SSSR count). The summed E-state index contributed by atoms with van der Waals surface area (Å²) in [6.07, 6.45) is 1.27. The van der Waals surface area contributed by atoms with Gasteiger partial charge in [0.1, 0.15) is 5.54 Å². The third kappa shape index (κ3) is 1.06. The molecule has 14 heavy (non-hydrogen) atoms. The summed E-state index contributed by atoms with van der Waals surface area (Å²) in [6, 6.07) is 5.68. The zero-order valence-corrected chi connectivity index (χ0v) is 8.08. The first kappa shape index (κ1) is 9.21. The van der Waals surface area contributed by atoms with Crippen LogP contribution in [0, 0.1) is 6.92 Å². The Labute approximate surface area is 82.5 Å². The quantitative estimate of drug-likeness (QED) is 0.700. The van der Waals surface area contributed by atoms with E-state index in [9.17, 15) is 4.79 Å². The maximum atomic E-state index is 11.1. The number of hydrogen-bond donors (Lipinski definition) is 2. The molecule has 3 N–H and O–H groups in total. The molecular weight excluding hydrogens is 178 g/mol. The molecule has 3 heteroatoms. The highest BCUT2D eigenvalue weighted by Crippen LogP contribution is 2.36. The van der Waals surface area contributed by atoms with E-state index >= 15 is 0 Å². The van der Waals surface area contributed by atoms with Gasteiger partial charge in [-0.1, -0.05) is 18.2 Å². The van der Waals surface area contributed by atoms with Crippen molar-refractivity contribution in [3.8, 4) is 0 Å². The van der Waals surface area contributed by atoms with E-state index in [2.05, 4.69) is 0 Å². The van der Waals surface area contributed by atoms with Crippen LogP contribution in [0.4, 0.5) is 0 Å². The topological polar surface area (TPSA) is 63.3 Å². The number of aryl methyl sites for hydroxylation is 1. The fraction of sp³-hybridized carbons (Fsp3) is 0.364. The van der Waals surface area contributed by atoms with Gasteiger partial charge in [-0.3, -0.25) is 0 Å². The lowest BCUT2D eigenvalue weighted by molar-refractivity contribution is -0.143. The van der Waals surface area contributed by atoms with Crippen LogP contribution in [0.3, 0.4) is 0 Å². The Hall–Kier alpha value is -1.35. The molecule has 0 saturated carbocycles. The van der Waals surface area contributed by atoms with Crippen molar-refractivity contribution < 1.29 is 9.90 Å². The van der Waals surface area contributed by atoms with Crippen molar-refractivity contribution >= 4 is 5.97 Å². The van der Waals surface area contributed by atoms with Gasteiger partial charge < -0.3 is 10.8 Å². The normalized spacial score (nSPS) is 24.7. The number of carbonyl (C=O) groups is 1. The highest BCUT2D eigenvalue weighted by atomic mass is 16.4. The van der Waals surface area contributed by atoms with Crippen LogP contribution in [0.15, 0.2) is 18.2 Å². The fourth-order valence-electron chi connectivity index (χ4n) is 2.13. The molecule has 0 fully saturated rings. The second-order valence-electron chi connectivity index (χ2n) is 3.88. The number of carboxylic acid groups (broad SMARTS) is 1.